The Kier molecular flexibility index (Phi) is 6.17. The van der Waals surface area contributed by atoms with Gasteiger partial charge >= 0.3 is 43.7 Å². The van der Waals surface area contributed by atoms with Gasteiger partial charge in [-0.2, -0.15) is 5.56 Å². The van der Waals surface area contributed by atoms with Crippen LogP contribution in [-0.4, -0.2) is 0 Å². The number of allylic oxidation sites excluding steroid dienone is 1. The summed E-state index contributed by atoms with van der Waals surface area (Å²) in [5.41, 5.74) is 3.98. The van der Waals surface area contributed by atoms with E-state index < -0.39 is 18.2 Å². The Hall–Kier alpha value is -0.0669. The van der Waals surface area contributed by atoms with Crippen LogP contribution >= 0.6 is 25.5 Å². The van der Waals surface area contributed by atoms with E-state index in [4.69, 9.17) is 25.5 Å². The maximum atomic E-state index is 5.00. The van der Waals surface area contributed by atoms with Gasteiger partial charge in [-0.05, 0) is 0 Å². The summed E-state index contributed by atoms with van der Waals surface area (Å²) in [6.45, 7) is 0. The van der Waals surface area contributed by atoms with Gasteiger partial charge in [0.05, 0.1) is 0 Å². The minimum absolute atomic E-state index is 0.322. The van der Waals surface area contributed by atoms with Crippen LogP contribution in [0.1, 0.15) is 22.6 Å². The summed E-state index contributed by atoms with van der Waals surface area (Å²) >= 11 is -2.13. The summed E-state index contributed by atoms with van der Waals surface area (Å²) in [7, 11) is 15.0. The average molecular weight is 389 g/mol. The molecule has 0 radical (unpaired) electrons. The molecule has 0 amide bonds. The molecule has 3 rings (SSSR count). The third-order valence-electron chi connectivity index (χ3n) is 2.85. The molecular formula is C15H11Cl3Zr-. The van der Waals surface area contributed by atoms with E-state index in [1.807, 2.05) is 6.07 Å². The van der Waals surface area contributed by atoms with Crippen LogP contribution in [0.4, 0.5) is 0 Å². The quantitative estimate of drug-likeness (QED) is 0.548. The van der Waals surface area contributed by atoms with Gasteiger partial charge in [0.25, 0.3) is 0 Å². The van der Waals surface area contributed by atoms with Gasteiger partial charge in [-0.1, -0.05) is 60.0 Å². The summed E-state index contributed by atoms with van der Waals surface area (Å²) < 4.78 is 0. The third kappa shape index (κ3) is 4.46. The Morgan fingerprint density at radius 2 is 1.42 bits per heavy atom. The molecule has 2 aromatic rings. The van der Waals surface area contributed by atoms with E-state index in [2.05, 4.69) is 60.7 Å². The fourth-order valence-corrected chi connectivity index (χ4v) is 2.09. The topological polar surface area (TPSA) is 0 Å². The van der Waals surface area contributed by atoms with Gasteiger partial charge in [0, 0.05) is 0 Å². The first-order chi connectivity index (χ1) is 9.18. The van der Waals surface area contributed by atoms with Crippen molar-refractivity contribution in [3.63, 3.8) is 0 Å². The second-order valence-electron chi connectivity index (χ2n) is 4.00. The molecule has 19 heavy (non-hydrogen) atoms. The van der Waals surface area contributed by atoms with Gasteiger partial charge in [0.2, 0.25) is 0 Å². The number of halogens is 3. The van der Waals surface area contributed by atoms with E-state index in [1.54, 1.807) is 0 Å². The Labute approximate surface area is 132 Å². The third-order valence-corrected chi connectivity index (χ3v) is 2.85. The molecular weight excluding hydrogens is 378 g/mol. The molecule has 0 spiro atoms. The second kappa shape index (κ2) is 7.65. The molecule has 0 saturated heterocycles. The standard InChI is InChI=1S/C15H11.3ClH.Zr/c1-2-6-12(7-3-1)15-11-10-13-8-4-5-9-14(13)15;;;;/h1-10,15H;3*1H;/q-1;;;;+3/p-3. The molecule has 0 nitrogen and oxygen atoms in total. The molecule has 0 aromatic heterocycles. The Morgan fingerprint density at radius 3 is 2.11 bits per heavy atom. The van der Waals surface area contributed by atoms with Crippen LogP contribution in [0.2, 0.25) is 0 Å². The Balaban J connectivity index is 0.000000297. The number of rotatable bonds is 1. The zero-order valence-corrected chi connectivity index (χ0v) is 14.7. The van der Waals surface area contributed by atoms with Crippen molar-refractivity contribution in [1.29, 1.82) is 0 Å². The molecule has 2 aromatic carbocycles. The summed E-state index contributed by atoms with van der Waals surface area (Å²) in [5, 5.41) is 0. The maximum absolute atomic E-state index is 5.00. The molecule has 1 aliphatic carbocycles. The van der Waals surface area contributed by atoms with Gasteiger partial charge in [0.1, 0.15) is 0 Å². The predicted octanol–water partition coefficient (Wildman–Crippen LogP) is 5.71. The van der Waals surface area contributed by atoms with Crippen molar-refractivity contribution in [3.8, 4) is 0 Å². The molecule has 0 fully saturated rings. The average Bonchev–Trinajstić information content (AvgIpc) is 2.83. The molecule has 0 heterocycles. The summed E-state index contributed by atoms with van der Waals surface area (Å²) in [5.74, 6) is 0.322. The van der Waals surface area contributed by atoms with Crippen LogP contribution in [0.25, 0.3) is 6.08 Å². The van der Waals surface area contributed by atoms with Gasteiger partial charge in [-0.3, -0.25) is 6.08 Å². The van der Waals surface area contributed by atoms with Crippen LogP contribution in [0, 0.1) is 6.08 Å². The fraction of sp³-hybridized carbons (Fsp3) is 0.0667. The summed E-state index contributed by atoms with van der Waals surface area (Å²) in [6.07, 6.45) is 5.50. The van der Waals surface area contributed by atoms with E-state index >= 15 is 0 Å². The first kappa shape index (κ1) is 15.3. The van der Waals surface area contributed by atoms with Gasteiger partial charge in [-0.25, -0.2) is 6.08 Å². The van der Waals surface area contributed by atoms with Crippen LogP contribution < -0.4 is 0 Å². The SMILES string of the molecule is [C-]1=Cc2ccccc2C1c1ccccc1.[Cl][Zr]([Cl])[Cl]. The van der Waals surface area contributed by atoms with Gasteiger partial charge in [0.15, 0.2) is 0 Å². The number of hydrogen-bond donors (Lipinski definition) is 0. The first-order valence-corrected chi connectivity index (χ1v) is 15.2. The predicted molar refractivity (Wildman–Crippen MR) is 80.0 cm³/mol. The van der Waals surface area contributed by atoms with Crippen molar-refractivity contribution < 1.29 is 18.2 Å². The van der Waals surface area contributed by atoms with Gasteiger partial charge in [-0.15, -0.1) is 11.6 Å². The zero-order chi connectivity index (χ0) is 13.7. The van der Waals surface area contributed by atoms with Crippen LogP contribution in [0.3, 0.4) is 0 Å². The number of fused-ring (bicyclic) bond motifs is 1. The van der Waals surface area contributed by atoms with E-state index in [-0.39, 0.29) is 0 Å². The monoisotopic (exact) mass is 386 g/mol. The van der Waals surface area contributed by atoms with E-state index in [1.165, 1.54) is 16.7 Å². The van der Waals surface area contributed by atoms with Crippen molar-refractivity contribution >= 4 is 31.6 Å². The van der Waals surface area contributed by atoms with Crippen LogP contribution in [0.5, 0.6) is 0 Å². The first-order valence-electron chi connectivity index (χ1n) is 5.75. The van der Waals surface area contributed by atoms with Crippen LogP contribution in [-0.2, 0) is 18.2 Å². The Morgan fingerprint density at radius 1 is 0.842 bits per heavy atom. The van der Waals surface area contributed by atoms with Gasteiger partial charge < -0.3 is 0 Å². The zero-order valence-electron chi connectivity index (χ0n) is 9.98. The van der Waals surface area contributed by atoms with E-state index in [9.17, 15) is 0 Å². The normalized spacial score (nSPS) is 15.4. The van der Waals surface area contributed by atoms with Crippen molar-refractivity contribution in [1.82, 2.24) is 0 Å². The molecule has 0 N–H and O–H groups in total. The molecule has 1 aliphatic rings. The Bertz CT molecular complexity index is 550. The molecule has 97 valence electrons. The molecule has 1 unspecified atom stereocenters. The summed E-state index contributed by atoms with van der Waals surface area (Å²) in [6, 6.07) is 19.0. The van der Waals surface area contributed by atoms with Crippen LogP contribution in [0.15, 0.2) is 54.6 Å². The number of hydrogen-bond acceptors (Lipinski definition) is 0. The van der Waals surface area contributed by atoms with Crippen molar-refractivity contribution in [3.05, 3.63) is 77.4 Å². The second-order valence-corrected chi connectivity index (χ2v) is 15.2. The van der Waals surface area contributed by atoms with Crippen molar-refractivity contribution in [2.75, 3.05) is 0 Å². The molecule has 0 bridgehead atoms. The van der Waals surface area contributed by atoms with E-state index in [0.29, 0.717) is 5.92 Å². The van der Waals surface area contributed by atoms with Crippen molar-refractivity contribution in [2.45, 2.75) is 5.92 Å². The minimum atomic E-state index is -2.13. The van der Waals surface area contributed by atoms with Crippen molar-refractivity contribution in [2.24, 2.45) is 0 Å². The molecule has 1 atom stereocenters. The molecule has 0 saturated carbocycles. The fourth-order valence-electron chi connectivity index (χ4n) is 2.09. The summed E-state index contributed by atoms with van der Waals surface area (Å²) in [4.78, 5) is 0. The molecule has 4 heteroatoms. The molecule has 0 aliphatic heterocycles. The van der Waals surface area contributed by atoms with E-state index in [0.717, 1.165) is 0 Å². The number of benzene rings is 2.